The molecule has 1 fully saturated rings. The highest BCUT2D eigenvalue weighted by Crippen LogP contribution is 2.41. The lowest BCUT2D eigenvalue weighted by Gasteiger charge is -2.30. The van der Waals surface area contributed by atoms with Gasteiger partial charge in [-0.3, -0.25) is 4.79 Å². The highest BCUT2D eigenvalue weighted by Gasteiger charge is 2.45. The summed E-state index contributed by atoms with van der Waals surface area (Å²) < 4.78 is 26.0. The Morgan fingerprint density at radius 2 is 1.97 bits per heavy atom. The summed E-state index contributed by atoms with van der Waals surface area (Å²) in [6.45, 7) is 0.709. The summed E-state index contributed by atoms with van der Waals surface area (Å²) in [5.74, 6) is -0.351. The lowest BCUT2D eigenvalue weighted by atomic mass is 10.0. The molecular weight excluding hydrogens is 515 g/mol. The maximum absolute atomic E-state index is 13.2. The van der Waals surface area contributed by atoms with Gasteiger partial charge in [0.2, 0.25) is 5.79 Å². The van der Waals surface area contributed by atoms with Crippen LogP contribution in [0.2, 0.25) is 10.0 Å². The van der Waals surface area contributed by atoms with Gasteiger partial charge in [0, 0.05) is 34.6 Å². The van der Waals surface area contributed by atoms with Crippen LogP contribution >= 0.6 is 23.2 Å². The number of halogens is 2. The normalized spacial score (nSPS) is 19.1. The summed E-state index contributed by atoms with van der Waals surface area (Å²) in [7, 11) is 1.56. The van der Waals surface area contributed by atoms with Gasteiger partial charge in [0.25, 0.3) is 0 Å². The molecule has 2 heterocycles. The minimum Gasteiger partial charge on any atom is -0.497 e. The van der Waals surface area contributed by atoms with Crippen LogP contribution < -0.4 is 9.47 Å². The molecule has 3 aromatic carbocycles. The van der Waals surface area contributed by atoms with Gasteiger partial charge in [0.15, 0.2) is 5.78 Å². The van der Waals surface area contributed by atoms with Crippen molar-refractivity contribution in [3.63, 3.8) is 0 Å². The maximum Gasteiger partial charge on any atom is 0.215 e. The van der Waals surface area contributed by atoms with Crippen LogP contribution in [-0.4, -0.2) is 41.8 Å². The molecule has 0 spiro atoms. The van der Waals surface area contributed by atoms with E-state index in [1.165, 1.54) is 0 Å². The number of ketones is 1. The van der Waals surface area contributed by atoms with E-state index in [-0.39, 0.29) is 19.0 Å². The van der Waals surface area contributed by atoms with Crippen LogP contribution in [0.15, 0.2) is 85.5 Å². The van der Waals surface area contributed by atoms with E-state index in [0.717, 1.165) is 0 Å². The molecule has 4 aromatic rings. The van der Waals surface area contributed by atoms with Crippen molar-refractivity contribution in [2.45, 2.75) is 18.4 Å². The molecule has 0 amide bonds. The minimum absolute atomic E-state index is 0.138. The van der Waals surface area contributed by atoms with Gasteiger partial charge in [0.05, 0.1) is 37.2 Å². The quantitative estimate of drug-likeness (QED) is 0.251. The second kappa shape index (κ2) is 10.9. The van der Waals surface area contributed by atoms with E-state index < -0.39 is 11.9 Å². The third kappa shape index (κ3) is 5.50. The van der Waals surface area contributed by atoms with Crippen molar-refractivity contribution < 1.29 is 23.7 Å². The van der Waals surface area contributed by atoms with Gasteiger partial charge in [-0.05, 0) is 24.3 Å². The SMILES string of the molecule is COc1ccc(C(=O)c2ccccc2)c(OCC2COC(Cn3ccnc3)(c3ccc(Cl)cc3Cl)O2)c1. The van der Waals surface area contributed by atoms with Crippen molar-refractivity contribution in [1.29, 1.82) is 0 Å². The molecule has 1 aliphatic rings. The lowest BCUT2D eigenvalue weighted by molar-refractivity contribution is -0.189. The predicted molar refractivity (Wildman–Crippen MR) is 140 cm³/mol. The number of methoxy groups -OCH3 is 1. The number of carbonyl (C=O) groups is 1. The molecule has 0 aliphatic carbocycles. The van der Waals surface area contributed by atoms with Gasteiger partial charge in [-0.15, -0.1) is 0 Å². The van der Waals surface area contributed by atoms with Crippen LogP contribution in [0.25, 0.3) is 0 Å². The molecule has 1 aliphatic heterocycles. The van der Waals surface area contributed by atoms with Gasteiger partial charge < -0.3 is 23.5 Å². The molecule has 5 rings (SSSR count). The smallest absolute Gasteiger partial charge is 0.215 e. The Labute approximate surface area is 224 Å². The average molecular weight is 539 g/mol. The van der Waals surface area contributed by atoms with Crippen LogP contribution in [0.1, 0.15) is 21.5 Å². The maximum atomic E-state index is 13.2. The molecule has 2 unspecified atom stereocenters. The van der Waals surface area contributed by atoms with Gasteiger partial charge in [0.1, 0.15) is 24.2 Å². The Hall–Kier alpha value is -3.36. The van der Waals surface area contributed by atoms with E-state index in [4.69, 9.17) is 42.1 Å². The monoisotopic (exact) mass is 538 g/mol. The largest absolute Gasteiger partial charge is 0.497 e. The molecule has 1 aromatic heterocycles. The Morgan fingerprint density at radius 3 is 2.70 bits per heavy atom. The first-order valence-electron chi connectivity index (χ1n) is 11.6. The number of rotatable bonds is 9. The predicted octanol–water partition coefficient (Wildman–Crippen LogP) is 5.78. The molecule has 2 atom stereocenters. The van der Waals surface area contributed by atoms with Crippen molar-refractivity contribution >= 4 is 29.0 Å². The standard InChI is InChI=1S/C28H24Cl2N2O5/c1-34-21-8-9-23(27(33)19-5-3-2-4-6-19)26(14-21)35-15-22-16-36-28(37-22,17-32-12-11-31-18-32)24-10-7-20(29)13-25(24)30/h2-14,18,22H,15-17H2,1H3. The van der Waals surface area contributed by atoms with Crippen molar-refractivity contribution in [1.82, 2.24) is 9.55 Å². The number of carbonyl (C=O) groups excluding carboxylic acids is 1. The fourth-order valence-electron chi connectivity index (χ4n) is 4.24. The molecule has 0 bridgehead atoms. The first kappa shape index (κ1) is 25.3. The summed E-state index contributed by atoms with van der Waals surface area (Å²) in [6.07, 6.45) is 4.74. The van der Waals surface area contributed by atoms with Crippen molar-refractivity contribution in [2.24, 2.45) is 0 Å². The zero-order chi connectivity index (χ0) is 25.8. The number of hydrogen-bond acceptors (Lipinski definition) is 6. The molecule has 190 valence electrons. The van der Waals surface area contributed by atoms with Crippen LogP contribution in [0, 0.1) is 0 Å². The summed E-state index contributed by atoms with van der Waals surface area (Å²) in [6, 6.07) is 19.4. The van der Waals surface area contributed by atoms with Gasteiger partial charge in [-0.25, -0.2) is 4.98 Å². The fraction of sp³-hybridized carbons (Fsp3) is 0.214. The van der Waals surface area contributed by atoms with E-state index in [1.54, 1.807) is 68.2 Å². The average Bonchev–Trinajstić information content (AvgIpc) is 3.58. The highest BCUT2D eigenvalue weighted by atomic mass is 35.5. The summed E-state index contributed by atoms with van der Waals surface area (Å²) in [4.78, 5) is 17.3. The molecule has 37 heavy (non-hydrogen) atoms. The number of imidazole rings is 1. The molecule has 7 nitrogen and oxygen atoms in total. The van der Waals surface area contributed by atoms with Crippen LogP contribution in [0.5, 0.6) is 11.5 Å². The summed E-state index contributed by atoms with van der Waals surface area (Å²) >= 11 is 12.7. The Kier molecular flexibility index (Phi) is 7.48. The Balaban J connectivity index is 1.38. The summed E-state index contributed by atoms with van der Waals surface area (Å²) in [5.41, 5.74) is 1.64. The number of aromatic nitrogens is 2. The van der Waals surface area contributed by atoms with Crippen molar-refractivity contribution in [3.8, 4) is 11.5 Å². The number of ether oxygens (including phenoxy) is 4. The van der Waals surface area contributed by atoms with Crippen molar-refractivity contribution in [2.75, 3.05) is 20.3 Å². The van der Waals surface area contributed by atoms with Gasteiger partial charge in [-0.1, -0.05) is 59.6 Å². The summed E-state index contributed by atoms with van der Waals surface area (Å²) in [5, 5.41) is 0.941. The molecule has 0 saturated carbocycles. The van der Waals surface area contributed by atoms with Crippen LogP contribution in [0.3, 0.4) is 0 Å². The van der Waals surface area contributed by atoms with E-state index in [9.17, 15) is 4.79 Å². The first-order chi connectivity index (χ1) is 18.0. The third-order valence-corrected chi connectivity index (χ3v) is 6.59. The Morgan fingerprint density at radius 1 is 1.14 bits per heavy atom. The number of benzene rings is 3. The molecule has 9 heteroatoms. The van der Waals surface area contributed by atoms with Crippen LogP contribution in [-0.2, 0) is 21.8 Å². The molecular formula is C28H24Cl2N2O5. The van der Waals surface area contributed by atoms with E-state index in [1.807, 2.05) is 29.0 Å². The third-order valence-electron chi connectivity index (χ3n) is 6.04. The van der Waals surface area contributed by atoms with E-state index in [2.05, 4.69) is 4.98 Å². The number of hydrogen-bond donors (Lipinski definition) is 0. The van der Waals surface area contributed by atoms with Crippen molar-refractivity contribution in [3.05, 3.63) is 112 Å². The molecule has 0 radical (unpaired) electrons. The lowest BCUT2D eigenvalue weighted by Crippen LogP contribution is -2.34. The van der Waals surface area contributed by atoms with Gasteiger partial charge in [-0.2, -0.15) is 0 Å². The first-order valence-corrected chi connectivity index (χ1v) is 12.4. The van der Waals surface area contributed by atoms with Crippen LogP contribution in [0.4, 0.5) is 0 Å². The molecule has 1 saturated heterocycles. The van der Waals surface area contributed by atoms with E-state index >= 15 is 0 Å². The number of nitrogens with zero attached hydrogens (tertiary/aromatic N) is 2. The molecule has 0 N–H and O–H groups in total. The minimum atomic E-state index is -1.17. The van der Waals surface area contributed by atoms with Gasteiger partial charge >= 0.3 is 0 Å². The zero-order valence-corrected chi connectivity index (χ0v) is 21.5. The highest BCUT2D eigenvalue weighted by molar-refractivity contribution is 6.35. The zero-order valence-electron chi connectivity index (χ0n) is 20.0. The second-order valence-corrected chi connectivity index (χ2v) is 9.37. The topological polar surface area (TPSA) is 71.8 Å². The fourth-order valence-corrected chi connectivity index (χ4v) is 4.79. The Bertz CT molecular complexity index is 1380. The second-order valence-electron chi connectivity index (χ2n) is 8.53. The van der Waals surface area contributed by atoms with E-state index in [0.29, 0.717) is 44.8 Å².